The van der Waals surface area contributed by atoms with Gasteiger partial charge in [-0.05, 0) is 6.42 Å². The normalized spacial score (nSPS) is 14.9. The highest BCUT2D eigenvalue weighted by Crippen LogP contribution is 1.97. The quantitative estimate of drug-likeness (QED) is 0.297. The summed E-state index contributed by atoms with van der Waals surface area (Å²) >= 11 is 0. The summed E-state index contributed by atoms with van der Waals surface area (Å²) in [5.41, 5.74) is 0. The number of hydrogen-bond acceptors (Lipinski definition) is 5. The highest BCUT2D eigenvalue weighted by molar-refractivity contribution is 7.79. The van der Waals surface area contributed by atoms with Crippen LogP contribution in [0.3, 0.4) is 0 Å². The van der Waals surface area contributed by atoms with E-state index in [0.717, 1.165) is 0 Å². The van der Waals surface area contributed by atoms with E-state index in [9.17, 15) is 0 Å². The summed E-state index contributed by atoms with van der Waals surface area (Å²) in [6.07, 6.45) is -0.124. The van der Waals surface area contributed by atoms with Gasteiger partial charge < -0.3 is 15.3 Å². The molecule has 0 spiro atoms. The van der Waals surface area contributed by atoms with Gasteiger partial charge in [-0.2, -0.15) is 8.42 Å². The summed E-state index contributed by atoms with van der Waals surface area (Å²) in [6, 6.07) is 0. The highest BCUT2D eigenvalue weighted by atomic mass is 32.3. The lowest BCUT2D eigenvalue weighted by Crippen LogP contribution is -2.28. The molecule has 2 atom stereocenters. The minimum absolute atomic E-state index is 0.307. The molecule has 0 heterocycles. The average molecular weight is 230 g/mol. The predicted molar refractivity (Wildman–Crippen MR) is 48.1 cm³/mol. The summed E-state index contributed by atoms with van der Waals surface area (Å²) in [4.78, 5) is 0. The van der Waals surface area contributed by atoms with Crippen LogP contribution in [0.1, 0.15) is 6.42 Å². The second-order valence-electron chi connectivity index (χ2n) is 2.29. The second kappa shape index (κ2) is 7.85. The van der Waals surface area contributed by atoms with Gasteiger partial charge in [0.05, 0.1) is 12.7 Å². The van der Waals surface area contributed by atoms with Crippen molar-refractivity contribution in [1.82, 2.24) is 0 Å². The molecule has 0 fully saturated rings. The molecule has 8 heteroatoms. The zero-order chi connectivity index (χ0) is 11.8. The standard InChI is InChI=1S/C6H12O3.H2O4S/c1-2-3-5(8)6(9)4-7;1-5(2,3)4/h2,5-9H,1,3-4H2;(H2,1,2,3,4). The Morgan fingerprint density at radius 2 is 1.57 bits per heavy atom. The van der Waals surface area contributed by atoms with Gasteiger partial charge in [0.2, 0.25) is 0 Å². The molecule has 14 heavy (non-hydrogen) atoms. The molecule has 0 aromatic heterocycles. The SMILES string of the molecule is C=CCC(O)C(O)CO.O=S(=O)(O)O. The monoisotopic (exact) mass is 230 g/mol. The summed E-state index contributed by atoms with van der Waals surface area (Å²) in [7, 11) is -4.67. The zero-order valence-corrected chi connectivity index (χ0v) is 8.13. The first-order chi connectivity index (χ1) is 6.22. The van der Waals surface area contributed by atoms with Gasteiger partial charge in [-0.15, -0.1) is 6.58 Å². The maximum atomic E-state index is 8.84. The van der Waals surface area contributed by atoms with Crippen molar-refractivity contribution >= 4 is 10.4 Å². The van der Waals surface area contributed by atoms with Crippen LogP contribution in [0.5, 0.6) is 0 Å². The fourth-order valence-electron chi connectivity index (χ4n) is 0.450. The lowest BCUT2D eigenvalue weighted by molar-refractivity contribution is -0.0119. The Hall–Kier alpha value is -0.510. The number of hydrogen-bond donors (Lipinski definition) is 5. The van der Waals surface area contributed by atoms with Gasteiger partial charge in [-0.1, -0.05) is 6.08 Å². The van der Waals surface area contributed by atoms with Crippen molar-refractivity contribution in [2.24, 2.45) is 0 Å². The molecule has 0 aliphatic carbocycles. The number of aliphatic hydroxyl groups is 3. The van der Waals surface area contributed by atoms with Gasteiger partial charge in [-0.25, -0.2) is 0 Å². The van der Waals surface area contributed by atoms with Crippen LogP contribution in [0, 0.1) is 0 Å². The van der Waals surface area contributed by atoms with Crippen LogP contribution < -0.4 is 0 Å². The Bertz CT molecular complexity index is 227. The van der Waals surface area contributed by atoms with E-state index in [2.05, 4.69) is 6.58 Å². The summed E-state index contributed by atoms with van der Waals surface area (Å²) in [5, 5.41) is 25.8. The van der Waals surface area contributed by atoms with Crippen LogP contribution in [0.4, 0.5) is 0 Å². The summed E-state index contributed by atoms with van der Waals surface area (Å²) in [5.74, 6) is 0. The van der Waals surface area contributed by atoms with Crippen LogP contribution in [-0.4, -0.2) is 51.7 Å². The maximum absolute atomic E-state index is 8.84. The van der Waals surface area contributed by atoms with Crippen LogP contribution in [0.15, 0.2) is 12.7 Å². The fourth-order valence-corrected chi connectivity index (χ4v) is 0.450. The van der Waals surface area contributed by atoms with Gasteiger partial charge >= 0.3 is 10.4 Å². The fraction of sp³-hybridized carbons (Fsp3) is 0.667. The highest BCUT2D eigenvalue weighted by Gasteiger charge is 2.11. The van der Waals surface area contributed by atoms with Crippen molar-refractivity contribution in [3.63, 3.8) is 0 Å². The first kappa shape index (κ1) is 15.9. The molecule has 0 bridgehead atoms. The van der Waals surface area contributed by atoms with Gasteiger partial charge in [0.1, 0.15) is 6.10 Å². The Morgan fingerprint density at radius 3 is 1.79 bits per heavy atom. The molecule has 0 amide bonds. The Kier molecular flexibility index (Phi) is 8.94. The van der Waals surface area contributed by atoms with Gasteiger partial charge in [0.25, 0.3) is 0 Å². The largest absolute Gasteiger partial charge is 0.394 e. The van der Waals surface area contributed by atoms with Crippen LogP contribution in [0.2, 0.25) is 0 Å². The smallest absolute Gasteiger partial charge is 0.394 e. The Morgan fingerprint density at radius 1 is 1.21 bits per heavy atom. The molecule has 2 unspecified atom stereocenters. The van der Waals surface area contributed by atoms with E-state index in [1.165, 1.54) is 6.08 Å². The van der Waals surface area contributed by atoms with E-state index in [0.29, 0.717) is 6.42 Å². The summed E-state index contributed by atoms with van der Waals surface area (Å²) in [6.45, 7) is 2.96. The van der Waals surface area contributed by atoms with E-state index >= 15 is 0 Å². The van der Waals surface area contributed by atoms with Gasteiger partial charge in [-0.3, -0.25) is 9.11 Å². The molecule has 0 saturated carbocycles. The second-order valence-corrected chi connectivity index (χ2v) is 3.19. The minimum Gasteiger partial charge on any atom is -0.394 e. The Labute approximate surface area is 81.9 Å². The molecule has 7 nitrogen and oxygen atoms in total. The van der Waals surface area contributed by atoms with Crippen molar-refractivity contribution in [3.8, 4) is 0 Å². The van der Waals surface area contributed by atoms with E-state index in [1.807, 2.05) is 0 Å². The molecule has 0 aromatic rings. The molecular formula is C6H14O7S. The predicted octanol–water partition coefficient (Wildman–Crippen LogP) is -1.38. The zero-order valence-electron chi connectivity index (χ0n) is 7.31. The third kappa shape index (κ3) is 17.5. The van der Waals surface area contributed by atoms with Crippen LogP contribution >= 0.6 is 0 Å². The van der Waals surface area contributed by atoms with Gasteiger partial charge in [0.15, 0.2) is 0 Å². The molecule has 0 radical (unpaired) electrons. The average Bonchev–Trinajstić information content (AvgIpc) is 2.00. The third-order valence-corrected chi connectivity index (χ3v) is 1.04. The van der Waals surface area contributed by atoms with E-state index in [1.54, 1.807) is 0 Å². The lowest BCUT2D eigenvalue weighted by Gasteiger charge is -2.12. The van der Waals surface area contributed by atoms with Crippen molar-refractivity contribution in [2.75, 3.05) is 6.61 Å². The molecule has 0 aromatic carbocycles. The van der Waals surface area contributed by atoms with Crippen molar-refractivity contribution in [2.45, 2.75) is 18.6 Å². The van der Waals surface area contributed by atoms with E-state index in [4.69, 9.17) is 32.8 Å². The van der Waals surface area contributed by atoms with E-state index < -0.39 is 29.2 Å². The molecule has 0 aliphatic heterocycles. The number of rotatable bonds is 4. The maximum Gasteiger partial charge on any atom is 0.394 e. The van der Waals surface area contributed by atoms with Crippen LogP contribution in [0.25, 0.3) is 0 Å². The Balaban J connectivity index is 0. The first-order valence-corrected chi connectivity index (χ1v) is 4.89. The molecular weight excluding hydrogens is 216 g/mol. The van der Waals surface area contributed by atoms with Crippen molar-refractivity contribution in [3.05, 3.63) is 12.7 Å². The van der Waals surface area contributed by atoms with Gasteiger partial charge in [0, 0.05) is 0 Å². The molecule has 0 aliphatic rings. The third-order valence-electron chi connectivity index (χ3n) is 1.04. The first-order valence-electron chi connectivity index (χ1n) is 3.50. The summed E-state index contributed by atoms with van der Waals surface area (Å²) < 4.78 is 31.6. The molecule has 86 valence electrons. The van der Waals surface area contributed by atoms with Crippen molar-refractivity contribution in [1.29, 1.82) is 0 Å². The molecule has 0 rings (SSSR count). The van der Waals surface area contributed by atoms with Crippen molar-refractivity contribution < 1.29 is 32.8 Å². The van der Waals surface area contributed by atoms with Crippen LogP contribution in [-0.2, 0) is 10.4 Å². The van der Waals surface area contributed by atoms with E-state index in [-0.39, 0.29) is 0 Å². The lowest BCUT2D eigenvalue weighted by atomic mass is 10.1. The number of aliphatic hydroxyl groups excluding tert-OH is 3. The topological polar surface area (TPSA) is 135 Å². The molecule has 0 saturated heterocycles. The molecule has 5 N–H and O–H groups in total. The minimum atomic E-state index is -4.67.